The molecule has 8 nitrogen and oxygen atoms in total. The van der Waals surface area contributed by atoms with Crippen molar-refractivity contribution in [1.82, 2.24) is 0 Å². The summed E-state index contributed by atoms with van der Waals surface area (Å²) >= 11 is 0. The molecule has 3 aliphatic carbocycles. The van der Waals surface area contributed by atoms with Crippen LogP contribution in [0.25, 0.3) is 0 Å². The molecule has 196 valence electrons. The molecule has 2 fully saturated rings. The van der Waals surface area contributed by atoms with Crippen molar-refractivity contribution in [3.05, 3.63) is 29.3 Å². The zero-order chi connectivity index (χ0) is 25.4. The highest BCUT2D eigenvalue weighted by atomic mass is 32.2. The molecule has 2 saturated carbocycles. The Morgan fingerprint density at radius 2 is 1.83 bits per heavy atom. The van der Waals surface area contributed by atoms with E-state index in [1.54, 1.807) is 6.07 Å². The summed E-state index contributed by atoms with van der Waals surface area (Å²) in [5, 5.41) is 5.04. The van der Waals surface area contributed by atoms with E-state index in [4.69, 9.17) is 18.8 Å². The molecular formula is C26H41N2O6S+. The molecule has 0 aliphatic heterocycles. The highest BCUT2D eigenvalue weighted by Crippen LogP contribution is 2.61. The Morgan fingerprint density at radius 3 is 2.49 bits per heavy atom. The summed E-state index contributed by atoms with van der Waals surface area (Å²) in [5.41, 5.74) is 2.40. The van der Waals surface area contributed by atoms with E-state index in [1.165, 1.54) is 5.56 Å². The van der Waals surface area contributed by atoms with E-state index in [9.17, 15) is 13.2 Å². The van der Waals surface area contributed by atoms with Crippen molar-refractivity contribution in [1.29, 1.82) is 0 Å². The Kier molecular flexibility index (Phi) is 7.42. The lowest BCUT2D eigenvalue weighted by Crippen LogP contribution is -2.50. The van der Waals surface area contributed by atoms with E-state index >= 15 is 0 Å². The molecule has 0 aromatic heterocycles. The molecule has 4 rings (SSSR count). The highest BCUT2D eigenvalue weighted by molar-refractivity contribution is 7.84. The lowest BCUT2D eigenvalue weighted by atomic mass is 9.55. The summed E-state index contributed by atoms with van der Waals surface area (Å²) in [5.74, 6) is 1.72. The highest BCUT2D eigenvalue weighted by Gasteiger charge is 2.56. The van der Waals surface area contributed by atoms with E-state index < -0.39 is 16.5 Å². The number of hydrogen-bond donors (Lipinski definition) is 1. The fourth-order valence-electron chi connectivity index (χ4n) is 7.17. The number of ether oxygens (including phenoxy) is 2. The molecule has 9 heteroatoms. The first-order valence-electron chi connectivity index (χ1n) is 13.1. The van der Waals surface area contributed by atoms with Gasteiger partial charge in [-0.15, -0.1) is 0 Å². The largest absolute Gasteiger partial charge is 0.512 e. The van der Waals surface area contributed by atoms with Gasteiger partial charge in [-0.1, -0.05) is 13.0 Å². The minimum atomic E-state index is -4.03. The van der Waals surface area contributed by atoms with Gasteiger partial charge in [0.2, 0.25) is 6.73 Å². The molecule has 0 bridgehead atoms. The van der Waals surface area contributed by atoms with Crippen LogP contribution in [0.3, 0.4) is 0 Å². The van der Waals surface area contributed by atoms with Crippen LogP contribution in [0.5, 0.6) is 5.75 Å². The Balaban J connectivity index is 1.43. The van der Waals surface area contributed by atoms with Crippen LogP contribution in [0, 0.1) is 17.3 Å². The molecule has 5 atom stereocenters. The smallest absolute Gasteiger partial charge is 0.430 e. The van der Waals surface area contributed by atoms with Crippen molar-refractivity contribution >= 4 is 16.5 Å². The first kappa shape index (κ1) is 26.2. The number of nitrogens with two attached hydrogens (primary N) is 1. The van der Waals surface area contributed by atoms with Crippen LogP contribution in [-0.2, 0) is 26.2 Å². The van der Waals surface area contributed by atoms with Gasteiger partial charge in [0.25, 0.3) is 0 Å². The third-order valence-electron chi connectivity index (χ3n) is 9.53. The molecule has 0 amide bonds. The average Bonchev–Trinajstić information content (AvgIpc) is 3.15. The van der Waals surface area contributed by atoms with Crippen molar-refractivity contribution in [2.75, 3.05) is 26.4 Å². The van der Waals surface area contributed by atoms with E-state index in [2.05, 4.69) is 27.7 Å². The summed E-state index contributed by atoms with van der Waals surface area (Å²) in [7, 11) is -4.03. The number of carbonyl (C=O) groups excluding carboxylic acids is 1. The molecule has 2 N–H and O–H groups in total. The standard InChI is InChI=1S/C26H41N2O6S/c1-5-28(6-2,7-3)17-32-25(29)33-24-13-12-23-22-10-8-18-16-19(34-35(27,30)31)9-11-20(18)21(22)14-15-26(23,24)4/h9,11,16,21-24H,5-8,10,12-15,17H2,1-4H3,(H2,27,30,31)/q+1/t21-,22-,23+,24+,26+/m1/s1. The SMILES string of the molecule is CC[N+](CC)(CC)COC(=O)O[C@H]1CC[C@H]2[C@@H]3CCc4cc(OS(N)(=O)=O)ccc4[C@H]3CC[C@]12C. The summed E-state index contributed by atoms with van der Waals surface area (Å²) in [4.78, 5) is 12.7. The average molecular weight is 510 g/mol. The number of hydrogen-bond acceptors (Lipinski definition) is 6. The van der Waals surface area contributed by atoms with Crippen LogP contribution in [-0.4, -0.2) is 51.5 Å². The molecule has 0 unspecified atom stereocenters. The van der Waals surface area contributed by atoms with Crippen LogP contribution in [0.15, 0.2) is 18.2 Å². The first-order valence-corrected chi connectivity index (χ1v) is 14.5. The second-order valence-electron chi connectivity index (χ2n) is 10.9. The predicted molar refractivity (Wildman–Crippen MR) is 133 cm³/mol. The Morgan fingerprint density at radius 1 is 1.11 bits per heavy atom. The topological polar surface area (TPSA) is 105 Å². The van der Waals surface area contributed by atoms with Gasteiger partial charge in [0.15, 0.2) is 0 Å². The van der Waals surface area contributed by atoms with E-state index in [-0.39, 0.29) is 17.3 Å². The van der Waals surface area contributed by atoms with Crippen LogP contribution >= 0.6 is 0 Å². The first-order chi connectivity index (χ1) is 16.5. The van der Waals surface area contributed by atoms with Gasteiger partial charge in [-0.05, 0) is 100 Å². The number of aryl methyl sites for hydroxylation is 1. The van der Waals surface area contributed by atoms with Gasteiger partial charge in [-0.3, -0.25) is 4.48 Å². The lowest BCUT2D eigenvalue weighted by Gasteiger charge is -2.50. The van der Waals surface area contributed by atoms with Crippen molar-refractivity contribution in [3.8, 4) is 5.75 Å². The maximum Gasteiger partial charge on any atom is 0.512 e. The van der Waals surface area contributed by atoms with Crippen LogP contribution in [0.4, 0.5) is 4.79 Å². The molecule has 0 radical (unpaired) electrons. The normalized spacial score (nSPS) is 30.1. The number of nitrogens with zero attached hydrogens (tertiary/aromatic N) is 1. The minimum Gasteiger partial charge on any atom is -0.430 e. The molecule has 1 aromatic carbocycles. The zero-order valence-corrected chi connectivity index (χ0v) is 22.3. The maximum absolute atomic E-state index is 12.7. The van der Waals surface area contributed by atoms with Gasteiger partial charge < -0.3 is 13.7 Å². The summed E-state index contributed by atoms with van der Waals surface area (Å²) in [6, 6.07) is 5.54. The van der Waals surface area contributed by atoms with Crippen LogP contribution in [0.2, 0.25) is 0 Å². The fraction of sp³-hybridized carbons (Fsp3) is 0.731. The van der Waals surface area contributed by atoms with Gasteiger partial charge in [0.05, 0.1) is 19.6 Å². The van der Waals surface area contributed by atoms with Crippen LogP contribution < -0.4 is 9.32 Å². The van der Waals surface area contributed by atoms with Gasteiger partial charge in [0.1, 0.15) is 11.9 Å². The van der Waals surface area contributed by atoms with E-state index in [0.29, 0.717) is 24.5 Å². The lowest BCUT2D eigenvalue weighted by molar-refractivity contribution is -0.939. The molecule has 0 spiro atoms. The van der Waals surface area contributed by atoms with Crippen molar-refractivity contribution in [2.45, 2.75) is 78.2 Å². The van der Waals surface area contributed by atoms with Crippen molar-refractivity contribution < 1.29 is 31.4 Å². The Bertz CT molecular complexity index is 1030. The number of rotatable bonds is 8. The Labute approximate surface area is 209 Å². The number of benzene rings is 1. The quantitative estimate of drug-likeness (QED) is 0.315. The van der Waals surface area contributed by atoms with Gasteiger partial charge in [-0.2, -0.15) is 13.6 Å². The zero-order valence-electron chi connectivity index (χ0n) is 21.5. The van der Waals surface area contributed by atoms with Crippen LogP contribution in [0.1, 0.15) is 76.8 Å². The van der Waals surface area contributed by atoms with Crippen molar-refractivity contribution in [2.24, 2.45) is 22.4 Å². The molecule has 35 heavy (non-hydrogen) atoms. The number of fused-ring (bicyclic) bond motifs is 5. The second-order valence-corrected chi connectivity index (χ2v) is 12.0. The van der Waals surface area contributed by atoms with Crippen molar-refractivity contribution in [3.63, 3.8) is 0 Å². The predicted octanol–water partition coefficient (Wildman–Crippen LogP) is 4.48. The third-order valence-corrected chi connectivity index (χ3v) is 9.96. The summed E-state index contributed by atoms with van der Waals surface area (Å²) in [6.07, 6.45) is 5.22. The fourth-order valence-corrected chi connectivity index (χ4v) is 7.55. The summed E-state index contributed by atoms with van der Waals surface area (Å²) < 4.78 is 39.8. The third kappa shape index (κ3) is 5.18. The van der Waals surface area contributed by atoms with E-state index in [0.717, 1.165) is 68.2 Å². The van der Waals surface area contributed by atoms with Gasteiger partial charge in [0, 0.05) is 5.41 Å². The van der Waals surface area contributed by atoms with Gasteiger partial charge >= 0.3 is 16.5 Å². The number of carbonyl (C=O) groups is 1. The monoisotopic (exact) mass is 509 g/mol. The maximum atomic E-state index is 12.7. The minimum absolute atomic E-state index is 0.0411. The Hall–Kier alpha value is -1.84. The second kappa shape index (κ2) is 9.90. The molecular weight excluding hydrogens is 468 g/mol. The summed E-state index contributed by atoms with van der Waals surface area (Å²) in [6.45, 7) is 11.8. The number of quaternary nitrogens is 1. The van der Waals surface area contributed by atoms with E-state index in [1.807, 2.05) is 12.1 Å². The molecule has 3 aliphatic rings. The molecule has 0 saturated heterocycles. The molecule has 1 aromatic rings. The molecule has 0 heterocycles. The van der Waals surface area contributed by atoms with Gasteiger partial charge in [-0.25, -0.2) is 4.79 Å².